The smallest absolute Gasteiger partial charge is 0.259 e. The van der Waals surface area contributed by atoms with Crippen molar-refractivity contribution in [2.45, 2.75) is 19.4 Å². The number of hydrogen-bond acceptors (Lipinski definition) is 4. The van der Waals surface area contributed by atoms with Crippen LogP contribution in [0.4, 0.5) is 0 Å². The Hall–Kier alpha value is -1.36. The molecule has 1 N–H and O–H groups in total. The van der Waals surface area contributed by atoms with Gasteiger partial charge in [-0.25, -0.2) is 0 Å². The first-order valence-electron chi connectivity index (χ1n) is 5.09. The molecule has 1 fully saturated rings. The number of hydrogen-bond donors (Lipinski definition) is 1. The Labute approximate surface area is 88.4 Å². The fraction of sp³-hybridized carbons (Fsp3) is 0.600. The van der Waals surface area contributed by atoms with Crippen LogP contribution >= 0.6 is 0 Å². The van der Waals surface area contributed by atoms with Crippen molar-refractivity contribution in [3.05, 3.63) is 17.5 Å². The largest absolute Gasteiger partial charge is 0.361 e. The molecule has 1 saturated heterocycles. The minimum absolute atomic E-state index is 0.0116. The Kier molecular flexibility index (Phi) is 2.73. The SMILES string of the molecule is Cc1oncc1C(=O)N(C)C1CCNC1. The van der Waals surface area contributed by atoms with Crippen LogP contribution in [0.15, 0.2) is 10.7 Å². The molecule has 1 aliphatic rings. The van der Waals surface area contributed by atoms with Crippen LogP contribution in [0.25, 0.3) is 0 Å². The summed E-state index contributed by atoms with van der Waals surface area (Å²) in [5.74, 6) is 0.570. The molecule has 0 radical (unpaired) electrons. The van der Waals surface area contributed by atoms with Gasteiger partial charge in [0.1, 0.15) is 11.3 Å². The van der Waals surface area contributed by atoms with E-state index in [9.17, 15) is 4.79 Å². The Morgan fingerprint density at radius 1 is 1.73 bits per heavy atom. The number of aromatic nitrogens is 1. The highest BCUT2D eigenvalue weighted by molar-refractivity contribution is 5.94. The molecule has 1 aromatic heterocycles. The first-order chi connectivity index (χ1) is 7.20. The molecule has 1 aliphatic heterocycles. The predicted molar refractivity (Wildman–Crippen MR) is 54.6 cm³/mol. The number of aryl methyl sites for hydroxylation is 1. The summed E-state index contributed by atoms with van der Waals surface area (Å²) >= 11 is 0. The third-order valence-electron chi connectivity index (χ3n) is 2.88. The molecule has 1 aromatic rings. The first kappa shape index (κ1) is 10.2. The maximum Gasteiger partial charge on any atom is 0.259 e. The number of carbonyl (C=O) groups is 1. The van der Waals surface area contributed by atoms with Crippen molar-refractivity contribution in [3.63, 3.8) is 0 Å². The fourth-order valence-electron chi connectivity index (χ4n) is 1.83. The summed E-state index contributed by atoms with van der Waals surface area (Å²) in [7, 11) is 1.83. The quantitative estimate of drug-likeness (QED) is 0.766. The zero-order chi connectivity index (χ0) is 10.8. The maximum atomic E-state index is 12.0. The molecule has 0 aliphatic carbocycles. The van der Waals surface area contributed by atoms with Crippen LogP contribution in [-0.4, -0.2) is 42.1 Å². The third kappa shape index (κ3) is 1.87. The lowest BCUT2D eigenvalue weighted by Gasteiger charge is -2.23. The van der Waals surface area contributed by atoms with Gasteiger partial charge in [-0.3, -0.25) is 4.79 Å². The van der Waals surface area contributed by atoms with Gasteiger partial charge in [0.15, 0.2) is 0 Å². The molecule has 2 rings (SSSR count). The van der Waals surface area contributed by atoms with Gasteiger partial charge < -0.3 is 14.7 Å². The molecule has 0 bridgehead atoms. The summed E-state index contributed by atoms with van der Waals surface area (Å²) in [6, 6.07) is 0.284. The lowest BCUT2D eigenvalue weighted by molar-refractivity contribution is 0.0742. The van der Waals surface area contributed by atoms with E-state index < -0.39 is 0 Å². The second-order valence-electron chi connectivity index (χ2n) is 3.86. The summed E-state index contributed by atoms with van der Waals surface area (Å²) in [5.41, 5.74) is 0.560. The second kappa shape index (κ2) is 4.02. The van der Waals surface area contributed by atoms with E-state index in [1.807, 2.05) is 7.05 Å². The molecule has 0 spiro atoms. The molecular weight excluding hydrogens is 194 g/mol. The fourth-order valence-corrected chi connectivity index (χ4v) is 1.83. The molecule has 2 heterocycles. The minimum Gasteiger partial charge on any atom is -0.361 e. The van der Waals surface area contributed by atoms with Crippen molar-refractivity contribution in [1.82, 2.24) is 15.4 Å². The van der Waals surface area contributed by atoms with Crippen molar-refractivity contribution in [2.24, 2.45) is 0 Å². The van der Waals surface area contributed by atoms with Crippen molar-refractivity contribution < 1.29 is 9.32 Å². The lowest BCUT2D eigenvalue weighted by Crippen LogP contribution is -2.38. The zero-order valence-electron chi connectivity index (χ0n) is 8.99. The van der Waals surface area contributed by atoms with Crippen LogP contribution in [0.3, 0.4) is 0 Å². The average molecular weight is 209 g/mol. The van der Waals surface area contributed by atoms with Crippen LogP contribution in [0.1, 0.15) is 22.5 Å². The van der Waals surface area contributed by atoms with Gasteiger partial charge in [0.05, 0.1) is 6.20 Å². The summed E-state index contributed by atoms with van der Waals surface area (Å²) in [4.78, 5) is 13.8. The summed E-state index contributed by atoms with van der Waals surface area (Å²) in [5, 5.41) is 6.85. The van der Waals surface area contributed by atoms with Crippen LogP contribution in [0.5, 0.6) is 0 Å². The molecule has 15 heavy (non-hydrogen) atoms. The van der Waals surface area contributed by atoms with Crippen molar-refractivity contribution in [1.29, 1.82) is 0 Å². The monoisotopic (exact) mass is 209 g/mol. The maximum absolute atomic E-state index is 12.0. The number of carbonyl (C=O) groups excluding carboxylic acids is 1. The van der Waals surface area contributed by atoms with Crippen molar-refractivity contribution in [3.8, 4) is 0 Å². The highest BCUT2D eigenvalue weighted by atomic mass is 16.5. The Balaban J connectivity index is 2.10. The minimum atomic E-state index is -0.0116. The summed E-state index contributed by atoms with van der Waals surface area (Å²) in [6.07, 6.45) is 2.49. The van der Waals surface area contributed by atoms with Gasteiger partial charge in [-0.15, -0.1) is 0 Å². The standard InChI is InChI=1S/C10H15N3O2/c1-7-9(6-12-15-7)10(14)13(2)8-3-4-11-5-8/h6,8,11H,3-5H2,1-2H3. The van der Waals surface area contributed by atoms with E-state index in [-0.39, 0.29) is 11.9 Å². The van der Waals surface area contributed by atoms with Gasteiger partial charge in [-0.05, 0) is 19.9 Å². The van der Waals surface area contributed by atoms with Gasteiger partial charge in [0.25, 0.3) is 5.91 Å². The molecule has 82 valence electrons. The van der Waals surface area contributed by atoms with Crippen LogP contribution in [0, 0.1) is 6.92 Å². The van der Waals surface area contributed by atoms with Gasteiger partial charge in [0, 0.05) is 19.6 Å². The molecule has 0 aromatic carbocycles. The third-order valence-corrected chi connectivity index (χ3v) is 2.88. The highest BCUT2D eigenvalue weighted by Gasteiger charge is 2.25. The zero-order valence-corrected chi connectivity index (χ0v) is 8.99. The Morgan fingerprint density at radius 3 is 3.07 bits per heavy atom. The van der Waals surface area contributed by atoms with E-state index in [1.165, 1.54) is 6.20 Å². The molecule has 1 unspecified atom stereocenters. The number of rotatable bonds is 2. The molecule has 0 saturated carbocycles. The van der Waals surface area contributed by atoms with Crippen molar-refractivity contribution >= 4 is 5.91 Å². The normalized spacial score (nSPS) is 20.5. The number of amides is 1. The molecular formula is C10H15N3O2. The predicted octanol–water partition coefficient (Wildman–Crippen LogP) is 0.417. The van der Waals surface area contributed by atoms with E-state index in [0.29, 0.717) is 11.3 Å². The van der Waals surface area contributed by atoms with Crippen LogP contribution < -0.4 is 5.32 Å². The van der Waals surface area contributed by atoms with E-state index >= 15 is 0 Å². The van der Waals surface area contributed by atoms with Gasteiger partial charge in [0.2, 0.25) is 0 Å². The number of nitrogens with zero attached hydrogens (tertiary/aromatic N) is 2. The summed E-state index contributed by atoms with van der Waals surface area (Å²) < 4.78 is 4.89. The molecule has 1 amide bonds. The lowest BCUT2D eigenvalue weighted by atomic mass is 10.2. The first-order valence-corrected chi connectivity index (χ1v) is 5.09. The topological polar surface area (TPSA) is 58.4 Å². The van der Waals surface area contributed by atoms with E-state index in [2.05, 4.69) is 10.5 Å². The van der Waals surface area contributed by atoms with Gasteiger partial charge in [-0.2, -0.15) is 0 Å². The number of likely N-dealkylation sites (N-methyl/N-ethyl adjacent to an activating group) is 1. The van der Waals surface area contributed by atoms with Gasteiger partial charge in [-0.1, -0.05) is 5.16 Å². The van der Waals surface area contributed by atoms with Crippen LogP contribution in [0.2, 0.25) is 0 Å². The summed E-state index contributed by atoms with van der Waals surface area (Å²) in [6.45, 7) is 3.60. The van der Waals surface area contributed by atoms with E-state index in [4.69, 9.17) is 4.52 Å². The van der Waals surface area contributed by atoms with E-state index in [1.54, 1.807) is 11.8 Å². The average Bonchev–Trinajstić information content (AvgIpc) is 2.85. The molecule has 1 atom stereocenters. The highest BCUT2D eigenvalue weighted by Crippen LogP contribution is 2.13. The molecule has 5 nitrogen and oxygen atoms in total. The Bertz CT molecular complexity index is 355. The Morgan fingerprint density at radius 2 is 2.53 bits per heavy atom. The second-order valence-corrected chi connectivity index (χ2v) is 3.86. The molecule has 5 heteroatoms. The van der Waals surface area contributed by atoms with E-state index in [0.717, 1.165) is 19.5 Å². The van der Waals surface area contributed by atoms with Crippen LogP contribution in [-0.2, 0) is 0 Å². The number of nitrogens with one attached hydrogen (secondary N) is 1. The van der Waals surface area contributed by atoms with Gasteiger partial charge >= 0.3 is 0 Å². The van der Waals surface area contributed by atoms with Crippen molar-refractivity contribution in [2.75, 3.05) is 20.1 Å².